The van der Waals surface area contributed by atoms with Gasteiger partial charge >= 0.3 is 0 Å². The van der Waals surface area contributed by atoms with Gasteiger partial charge in [-0.25, -0.2) is 0 Å². The maximum Gasteiger partial charge on any atom is 0.259 e. The zero-order valence-corrected chi connectivity index (χ0v) is 13.2. The second-order valence-electron chi connectivity index (χ2n) is 5.86. The largest absolute Gasteiger partial charge is 0.365 e. The Bertz CT molecular complexity index is 947. The highest BCUT2D eigenvalue weighted by molar-refractivity contribution is 7.12. The van der Waals surface area contributed by atoms with Crippen molar-refractivity contribution in [3.63, 3.8) is 0 Å². The van der Waals surface area contributed by atoms with E-state index in [4.69, 9.17) is 10.8 Å². The van der Waals surface area contributed by atoms with Crippen LogP contribution in [-0.4, -0.2) is 20.7 Å². The first-order chi connectivity index (χ1) is 11.1. The van der Waals surface area contributed by atoms with E-state index < -0.39 is 5.91 Å². The molecule has 0 unspecified atom stereocenters. The molecule has 1 aliphatic rings. The predicted molar refractivity (Wildman–Crippen MR) is 89.7 cm³/mol. The SMILES string of the molecule is NC(=O)c1cc(-c2nn(C3CCCC3)c3cc[nH]c(=O)c23)cs1. The number of primary amides is 1. The van der Waals surface area contributed by atoms with Crippen molar-refractivity contribution >= 4 is 28.1 Å². The minimum absolute atomic E-state index is 0.159. The molecule has 1 saturated carbocycles. The molecule has 0 atom stereocenters. The molecule has 3 aromatic heterocycles. The van der Waals surface area contributed by atoms with Gasteiger partial charge in [0.25, 0.3) is 11.5 Å². The minimum Gasteiger partial charge on any atom is -0.365 e. The number of H-pyrrole nitrogens is 1. The molecule has 0 aliphatic heterocycles. The number of pyridine rings is 1. The molecule has 0 spiro atoms. The molecule has 3 aromatic rings. The fourth-order valence-electron chi connectivity index (χ4n) is 3.32. The Morgan fingerprint density at radius 1 is 1.39 bits per heavy atom. The maximum atomic E-state index is 12.3. The number of nitrogens with zero attached hydrogens (tertiary/aromatic N) is 2. The first kappa shape index (κ1) is 14.2. The molecular weight excluding hydrogens is 312 g/mol. The smallest absolute Gasteiger partial charge is 0.259 e. The van der Waals surface area contributed by atoms with E-state index in [2.05, 4.69) is 4.98 Å². The van der Waals surface area contributed by atoms with Gasteiger partial charge in [0.1, 0.15) is 5.69 Å². The average molecular weight is 328 g/mol. The Morgan fingerprint density at radius 3 is 2.87 bits per heavy atom. The third-order valence-electron chi connectivity index (χ3n) is 4.42. The summed E-state index contributed by atoms with van der Waals surface area (Å²) in [5, 5.41) is 7.13. The summed E-state index contributed by atoms with van der Waals surface area (Å²) >= 11 is 1.27. The van der Waals surface area contributed by atoms with Gasteiger partial charge in [-0.1, -0.05) is 12.8 Å². The average Bonchev–Trinajstić information content (AvgIpc) is 3.26. The lowest BCUT2D eigenvalue weighted by atomic mass is 10.1. The maximum absolute atomic E-state index is 12.3. The fourth-order valence-corrected chi connectivity index (χ4v) is 4.06. The molecule has 118 valence electrons. The molecule has 1 aliphatic carbocycles. The monoisotopic (exact) mass is 328 g/mol. The summed E-state index contributed by atoms with van der Waals surface area (Å²) in [6, 6.07) is 3.94. The van der Waals surface area contributed by atoms with E-state index in [-0.39, 0.29) is 5.56 Å². The van der Waals surface area contributed by atoms with Crippen LogP contribution in [0.4, 0.5) is 0 Å². The van der Waals surface area contributed by atoms with Gasteiger partial charge in [0.05, 0.1) is 21.8 Å². The topological polar surface area (TPSA) is 93.8 Å². The van der Waals surface area contributed by atoms with Crippen molar-refractivity contribution in [2.75, 3.05) is 0 Å². The summed E-state index contributed by atoms with van der Waals surface area (Å²) < 4.78 is 1.98. The molecule has 4 rings (SSSR count). The van der Waals surface area contributed by atoms with E-state index in [0.29, 0.717) is 22.0 Å². The van der Waals surface area contributed by atoms with Crippen LogP contribution in [0.25, 0.3) is 22.2 Å². The van der Waals surface area contributed by atoms with Crippen molar-refractivity contribution in [1.82, 2.24) is 14.8 Å². The highest BCUT2D eigenvalue weighted by atomic mass is 32.1. The van der Waals surface area contributed by atoms with Crippen LogP contribution < -0.4 is 11.3 Å². The number of hydrogen-bond donors (Lipinski definition) is 2. The highest BCUT2D eigenvalue weighted by Gasteiger charge is 2.24. The van der Waals surface area contributed by atoms with Crippen LogP contribution in [0.2, 0.25) is 0 Å². The summed E-state index contributed by atoms with van der Waals surface area (Å²) in [6.45, 7) is 0. The minimum atomic E-state index is -0.463. The number of amides is 1. The third-order valence-corrected chi connectivity index (χ3v) is 5.36. The number of fused-ring (bicyclic) bond motifs is 1. The summed E-state index contributed by atoms with van der Waals surface area (Å²) in [6.07, 6.45) is 6.20. The summed E-state index contributed by atoms with van der Waals surface area (Å²) in [4.78, 5) is 26.9. The fraction of sp³-hybridized carbons (Fsp3) is 0.312. The van der Waals surface area contributed by atoms with Crippen LogP contribution in [0.3, 0.4) is 0 Å². The van der Waals surface area contributed by atoms with Gasteiger partial charge in [0.15, 0.2) is 0 Å². The number of nitrogens with two attached hydrogens (primary N) is 1. The van der Waals surface area contributed by atoms with E-state index in [1.54, 1.807) is 12.3 Å². The first-order valence-corrected chi connectivity index (χ1v) is 8.52. The van der Waals surface area contributed by atoms with Gasteiger partial charge in [-0.2, -0.15) is 5.10 Å². The molecule has 0 bridgehead atoms. The Kier molecular flexibility index (Phi) is 3.30. The molecule has 7 heteroatoms. The molecular formula is C16H16N4O2S. The molecule has 3 heterocycles. The van der Waals surface area contributed by atoms with E-state index in [1.807, 2.05) is 16.1 Å². The first-order valence-electron chi connectivity index (χ1n) is 7.64. The van der Waals surface area contributed by atoms with Gasteiger partial charge in [0, 0.05) is 17.1 Å². The molecule has 1 fully saturated rings. The van der Waals surface area contributed by atoms with Crippen molar-refractivity contribution < 1.29 is 4.79 Å². The van der Waals surface area contributed by atoms with Crippen LogP contribution in [0.1, 0.15) is 41.4 Å². The van der Waals surface area contributed by atoms with Gasteiger partial charge in [-0.3, -0.25) is 14.3 Å². The molecule has 1 amide bonds. The summed E-state index contributed by atoms with van der Waals surface area (Å²) in [5.41, 5.74) is 7.41. The van der Waals surface area contributed by atoms with E-state index >= 15 is 0 Å². The Morgan fingerprint density at radius 2 is 2.17 bits per heavy atom. The normalized spacial score (nSPS) is 15.5. The Balaban J connectivity index is 1.95. The zero-order chi connectivity index (χ0) is 16.0. The van der Waals surface area contributed by atoms with Gasteiger partial charge < -0.3 is 10.7 Å². The lowest BCUT2D eigenvalue weighted by molar-refractivity contribution is 0.100. The number of nitrogens with one attached hydrogen (secondary N) is 1. The number of carbonyl (C=O) groups excluding carboxylic acids is 1. The van der Waals surface area contributed by atoms with Crippen LogP contribution in [0.5, 0.6) is 0 Å². The molecule has 3 N–H and O–H groups in total. The number of thiophene rings is 1. The number of carbonyl (C=O) groups is 1. The van der Waals surface area contributed by atoms with Gasteiger partial charge in [0.2, 0.25) is 0 Å². The van der Waals surface area contributed by atoms with E-state index in [1.165, 1.54) is 24.2 Å². The number of hydrogen-bond acceptors (Lipinski definition) is 4. The van der Waals surface area contributed by atoms with E-state index in [9.17, 15) is 9.59 Å². The molecule has 0 saturated heterocycles. The number of aromatic amines is 1. The quantitative estimate of drug-likeness (QED) is 0.774. The van der Waals surface area contributed by atoms with Crippen molar-refractivity contribution in [1.29, 1.82) is 0 Å². The number of rotatable bonds is 3. The Labute approximate surface area is 135 Å². The zero-order valence-electron chi connectivity index (χ0n) is 12.4. The molecule has 0 radical (unpaired) electrons. The van der Waals surface area contributed by atoms with Crippen LogP contribution in [0, 0.1) is 0 Å². The van der Waals surface area contributed by atoms with E-state index in [0.717, 1.165) is 23.9 Å². The second-order valence-corrected chi connectivity index (χ2v) is 6.77. The van der Waals surface area contributed by atoms with Gasteiger partial charge in [-0.15, -0.1) is 11.3 Å². The van der Waals surface area contributed by atoms with Crippen molar-refractivity contribution in [2.24, 2.45) is 5.73 Å². The van der Waals surface area contributed by atoms with Crippen LogP contribution >= 0.6 is 11.3 Å². The standard InChI is InChI=1S/C16H16N4O2S/c17-15(21)12-7-9(8-23-12)14-13-11(5-6-18-16(13)22)20(19-14)10-3-1-2-4-10/h5-8,10H,1-4H2,(H2,17,21)(H,18,22). The lowest BCUT2D eigenvalue weighted by Gasteiger charge is -2.10. The lowest BCUT2D eigenvalue weighted by Crippen LogP contribution is -2.08. The van der Waals surface area contributed by atoms with Crippen molar-refractivity contribution in [3.05, 3.63) is 38.9 Å². The Hall–Kier alpha value is -2.41. The second kappa shape index (κ2) is 5.34. The van der Waals surface area contributed by atoms with Crippen LogP contribution in [0.15, 0.2) is 28.5 Å². The molecule has 23 heavy (non-hydrogen) atoms. The summed E-state index contributed by atoms with van der Waals surface area (Å²) in [7, 11) is 0. The number of aromatic nitrogens is 3. The molecule has 6 nitrogen and oxygen atoms in total. The highest BCUT2D eigenvalue weighted by Crippen LogP contribution is 2.35. The predicted octanol–water partition coefficient (Wildman–Crippen LogP) is 2.67. The van der Waals surface area contributed by atoms with Gasteiger partial charge in [-0.05, 0) is 25.0 Å². The molecule has 0 aromatic carbocycles. The van der Waals surface area contributed by atoms with Crippen molar-refractivity contribution in [3.8, 4) is 11.3 Å². The summed E-state index contributed by atoms with van der Waals surface area (Å²) in [5.74, 6) is -0.463. The van der Waals surface area contributed by atoms with Crippen molar-refractivity contribution in [2.45, 2.75) is 31.7 Å². The third kappa shape index (κ3) is 2.28. The van der Waals surface area contributed by atoms with Crippen LogP contribution in [-0.2, 0) is 0 Å².